The van der Waals surface area contributed by atoms with Gasteiger partial charge in [0.05, 0.1) is 5.69 Å². The number of carbonyl (C=O) groups excluding carboxylic acids is 2. The summed E-state index contributed by atoms with van der Waals surface area (Å²) in [6.07, 6.45) is 12.4. The summed E-state index contributed by atoms with van der Waals surface area (Å²) < 4.78 is 0. The molecule has 0 saturated heterocycles. The van der Waals surface area contributed by atoms with E-state index in [1.807, 2.05) is 13.8 Å². The lowest BCUT2D eigenvalue weighted by Crippen LogP contribution is -2.56. The lowest BCUT2D eigenvalue weighted by atomic mass is 9.41. The molecule has 0 radical (unpaired) electrons. The maximum Gasteiger partial charge on any atom is 0.181 e. The fourth-order valence-corrected chi connectivity index (χ4v) is 9.11. The molecule has 1 aromatic heterocycles. The molecule has 6 atom stereocenters. The summed E-state index contributed by atoms with van der Waals surface area (Å²) in [5.74, 6) is 2.24. The molecular weight excluding hydrogens is 406 g/mol. The van der Waals surface area contributed by atoms with E-state index in [1.54, 1.807) is 5.57 Å². The van der Waals surface area contributed by atoms with Gasteiger partial charge in [0.25, 0.3) is 0 Å². The Hall–Kier alpha value is -1.64. The van der Waals surface area contributed by atoms with Crippen LogP contribution in [-0.4, -0.2) is 16.6 Å². The molecule has 0 aliphatic heterocycles. The smallest absolute Gasteiger partial charge is 0.181 e. The van der Waals surface area contributed by atoms with E-state index in [4.69, 9.17) is 0 Å². The second kappa shape index (κ2) is 7.18. The third kappa shape index (κ3) is 2.93. The number of ketones is 2. The highest BCUT2D eigenvalue weighted by Gasteiger charge is 2.65. The van der Waals surface area contributed by atoms with E-state index in [9.17, 15) is 9.59 Å². The average molecular weight is 450 g/mol. The van der Waals surface area contributed by atoms with Crippen LogP contribution in [0.1, 0.15) is 115 Å². The van der Waals surface area contributed by atoms with Gasteiger partial charge in [0.2, 0.25) is 0 Å². The van der Waals surface area contributed by atoms with Gasteiger partial charge in [0.15, 0.2) is 5.78 Å². The zero-order valence-electron chi connectivity index (χ0n) is 21.8. The molecule has 3 saturated carbocycles. The van der Waals surface area contributed by atoms with Gasteiger partial charge >= 0.3 is 0 Å². The lowest BCUT2D eigenvalue weighted by Gasteiger charge is -2.63. The molecule has 180 valence electrons. The van der Waals surface area contributed by atoms with Crippen molar-refractivity contribution in [3.63, 3.8) is 0 Å². The van der Waals surface area contributed by atoms with E-state index in [0.29, 0.717) is 23.5 Å². The molecule has 1 N–H and O–H groups in total. The molecule has 0 unspecified atom stereocenters. The van der Waals surface area contributed by atoms with Crippen LogP contribution in [0, 0.1) is 39.4 Å². The fraction of sp³-hybridized carbons (Fsp3) is 0.733. The summed E-state index contributed by atoms with van der Waals surface area (Å²) in [7, 11) is 0. The summed E-state index contributed by atoms with van der Waals surface area (Å²) in [6, 6.07) is 2.15. The molecule has 5 rings (SSSR count). The Morgan fingerprint density at radius 1 is 1.03 bits per heavy atom. The molecular formula is C30H43NO2. The summed E-state index contributed by atoms with van der Waals surface area (Å²) in [4.78, 5) is 28.7. The van der Waals surface area contributed by atoms with Crippen molar-refractivity contribution in [2.45, 2.75) is 99.3 Å². The Kier molecular flexibility index (Phi) is 5.03. The Bertz CT molecular complexity index is 1030. The molecule has 3 fully saturated rings. The summed E-state index contributed by atoms with van der Waals surface area (Å²) in [5, 5.41) is 0. The molecule has 0 bridgehead atoms. The number of carbonyl (C=O) groups is 2. The first kappa shape index (κ1) is 23.1. The quantitative estimate of drug-likeness (QED) is 0.384. The monoisotopic (exact) mass is 449 g/mol. The highest BCUT2D eigenvalue weighted by atomic mass is 16.1. The Morgan fingerprint density at radius 3 is 2.42 bits per heavy atom. The van der Waals surface area contributed by atoms with Crippen LogP contribution in [0.25, 0.3) is 0 Å². The highest BCUT2D eigenvalue weighted by molar-refractivity contribution is 5.96. The molecule has 4 aliphatic rings. The van der Waals surface area contributed by atoms with Gasteiger partial charge < -0.3 is 4.98 Å². The average Bonchev–Trinajstić information content (AvgIpc) is 3.33. The Labute approximate surface area is 200 Å². The molecule has 3 heteroatoms. The number of allylic oxidation sites excluding steroid dienone is 2. The minimum absolute atomic E-state index is 0.0177. The minimum atomic E-state index is -0.209. The van der Waals surface area contributed by atoms with Crippen molar-refractivity contribution in [3.05, 3.63) is 35.2 Å². The van der Waals surface area contributed by atoms with Crippen LogP contribution in [-0.2, 0) is 4.79 Å². The van der Waals surface area contributed by atoms with E-state index >= 15 is 0 Å². The maximum absolute atomic E-state index is 12.8. The van der Waals surface area contributed by atoms with Gasteiger partial charge in [-0.05, 0) is 84.2 Å². The van der Waals surface area contributed by atoms with Crippen LogP contribution in [0.3, 0.4) is 0 Å². The van der Waals surface area contributed by atoms with Crippen molar-refractivity contribution >= 4 is 11.6 Å². The van der Waals surface area contributed by atoms with E-state index in [0.717, 1.165) is 25.0 Å². The number of hydrogen-bond donors (Lipinski definition) is 1. The number of nitrogens with one attached hydrogen (secondary N) is 1. The van der Waals surface area contributed by atoms with Crippen LogP contribution >= 0.6 is 0 Å². The Morgan fingerprint density at radius 2 is 1.73 bits per heavy atom. The molecule has 3 nitrogen and oxygen atoms in total. The van der Waals surface area contributed by atoms with Crippen molar-refractivity contribution < 1.29 is 9.59 Å². The first-order valence-electron chi connectivity index (χ1n) is 13.3. The van der Waals surface area contributed by atoms with Gasteiger partial charge in [-0.3, -0.25) is 9.59 Å². The molecule has 0 spiro atoms. The lowest BCUT2D eigenvalue weighted by molar-refractivity contribution is -0.145. The molecule has 0 amide bonds. The largest absolute Gasteiger partial charge is 0.359 e. The topological polar surface area (TPSA) is 49.9 Å². The number of hydrogen-bond acceptors (Lipinski definition) is 2. The number of fused-ring (bicyclic) bond motifs is 5. The van der Waals surface area contributed by atoms with Crippen molar-refractivity contribution in [1.29, 1.82) is 0 Å². The predicted octanol–water partition coefficient (Wildman–Crippen LogP) is 7.50. The van der Waals surface area contributed by atoms with E-state index in [-0.39, 0.29) is 33.4 Å². The van der Waals surface area contributed by atoms with Crippen LogP contribution in [0.15, 0.2) is 23.9 Å². The third-order valence-electron chi connectivity index (χ3n) is 11.5. The third-order valence-corrected chi connectivity index (χ3v) is 11.5. The second-order valence-corrected chi connectivity index (χ2v) is 13.4. The van der Waals surface area contributed by atoms with Crippen molar-refractivity contribution in [2.75, 3.05) is 0 Å². The van der Waals surface area contributed by atoms with Gasteiger partial charge in [0.1, 0.15) is 5.78 Å². The van der Waals surface area contributed by atoms with Gasteiger partial charge in [-0.2, -0.15) is 0 Å². The molecule has 1 aromatic rings. The number of aromatic nitrogens is 1. The summed E-state index contributed by atoms with van der Waals surface area (Å²) in [6.45, 7) is 15.9. The van der Waals surface area contributed by atoms with Crippen LogP contribution in [0.5, 0.6) is 0 Å². The van der Waals surface area contributed by atoms with Crippen LogP contribution in [0.2, 0.25) is 0 Å². The number of aromatic amines is 1. The predicted molar refractivity (Wildman–Crippen MR) is 133 cm³/mol. The Balaban J connectivity index is 1.50. The van der Waals surface area contributed by atoms with E-state index in [1.165, 1.54) is 31.2 Å². The summed E-state index contributed by atoms with van der Waals surface area (Å²) in [5.41, 5.74) is 4.23. The van der Waals surface area contributed by atoms with Gasteiger partial charge in [-0.15, -0.1) is 0 Å². The van der Waals surface area contributed by atoms with Crippen LogP contribution in [0.4, 0.5) is 0 Å². The first-order valence-corrected chi connectivity index (χ1v) is 13.3. The van der Waals surface area contributed by atoms with Gasteiger partial charge in [-0.1, -0.05) is 60.1 Å². The number of rotatable bonds is 3. The zero-order valence-corrected chi connectivity index (χ0v) is 21.8. The van der Waals surface area contributed by atoms with Gasteiger partial charge in [-0.25, -0.2) is 0 Å². The summed E-state index contributed by atoms with van der Waals surface area (Å²) >= 11 is 0. The maximum atomic E-state index is 12.8. The molecule has 1 heterocycles. The zero-order chi connectivity index (χ0) is 24.0. The first-order chi connectivity index (χ1) is 15.4. The normalized spacial score (nSPS) is 41.9. The van der Waals surface area contributed by atoms with Crippen molar-refractivity contribution in [1.82, 2.24) is 4.98 Å². The minimum Gasteiger partial charge on any atom is -0.359 e. The highest BCUT2D eigenvalue weighted by Crippen LogP contribution is 2.73. The SMILES string of the molecule is CC(C)C(=O)c1cc([C@@H]2CC[C@]3(C)C4=CC[C@H]5C(C)(C)C(=O)CC[C@]5(C)[C@H]4CC[C@@]23C)c[nH]1. The fourth-order valence-electron chi connectivity index (χ4n) is 9.11. The number of Topliss-reactive ketones (excluding diaryl/α,β-unsaturated/α-hetero) is 2. The number of H-pyrrole nitrogens is 1. The standard InChI is InChI=1S/C30H43NO2/c1-18(2)26(33)23-16-19(17-31-23)20-10-14-30(7)22-8-9-24-27(3,4)25(32)12-13-28(24,5)21(22)11-15-29(20,30)6/h8,16-18,20-21,24,31H,9-15H2,1-7H3/t20-,21-,24-,28+,29-,30+/m0/s1. The van der Waals surface area contributed by atoms with E-state index < -0.39 is 0 Å². The van der Waals surface area contributed by atoms with Crippen molar-refractivity contribution in [2.24, 2.45) is 39.4 Å². The van der Waals surface area contributed by atoms with Gasteiger partial charge in [0, 0.05) is 24.0 Å². The molecule has 4 aliphatic carbocycles. The van der Waals surface area contributed by atoms with Crippen LogP contribution < -0.4 is 0 Å². The molecule has 33 heavy (non-hydrogen) atoms. The second-order valence-electron chi connectivity index (χ2n) is 13.4. The van der Waals surface area contributed by atoms with Crippen molar-refractivity contribution in [3.8, 4) is 0 Å². The molecule has 0 aromatic carbocycles. The van der Waals surface area contributed by atoms with E-state index in [2.05, 4.69) is 57.9 Å².